The molecule has 1 N–H and O–H groups in total. The highest BCUT2D eigenvalue weighted by Crippen LogP contribution is 2.36. The Morgan fingerprint density at radius 3 is 2.35 bits per heavy atom. The molecule has 1 aromatic carbocycles. The highest BCUT2D eigenvalue weighted by Gasteiger charge is 2.52. The standard InChI is InChI=1S/C17H27BFNO3/c1-16(2)17(3,4)23-18(22-16)14-9-8-13(12-15(14)19)21-11-7-6-10-20-5/h8-9,12,20H,6-7,10-11H2,1-5H3. The maximum absolute atomic E-state index is 14.4. The van der Waals surface area contributed by atoms with E-state index in [4.69, 9.17) is 14.0 Å². The molecule has 0 atom stereocenters. The van der Waals surface area contributed by atoms with Crippen molar-refractivity contribution in [3.63, 3.8) is 0 Å². The first-order valence-electron chi connectivity index (χ1n) is 8.19. The summed E-state index contributed by atoms with van der Waals surface area (Å²) in [5.41, 5.74) is -0.551. The van der Waals surface area contributed by atoms with Crippen LogP contribution >= 0.6 is 0 Å². The van der Waals surface area contributed by atoms with E-state index in [-0.39, 0.29) is 5.82 Å². The minimum absolute atomic E-state index is 0.365. The van der Waals surface area contributed by atoms with Crippen molar-refractivity contribution in [2.24, 2.45) is 0 Å². The van der Waals surface area contributed by atoms with Gasteiger partial charge in [0, 0.05) is 11.5 Å². The van der Waals surface area contributed by atoms with E-state index in [9.17, 15) is 4.39 Å². The Morgan fingerprint density at radius 1 is 1.13 bits per heavy atom. The molecule has 0 aromatic heterocycles. The van der Waals surface area contributed by atoms with E-state index >= 15 is 0 Å². The number of benzene rings is 1. The third kappa shape index (κ3) is 4.25. The molecule has 0 amide bonds. The summed E-state index contributed by atoms with van der Waals surface area (Å²) in [7, 11) is 1.23. The van der Waals surface area contributed by atoms with Crippen molar-refractivity contribution in [2.75, 3.05) is 20.2 Å². The van der Waals surface area contributed by atoms with Crippen LogP contribution in [0.2, 0.25) is 0 Å². The highest BCUT2D eigenvalue weighted by molar-refractivity contribution is 6.62. The van der Waals surface area contributed by atoms with Gasteiger partial charge in [0.05, 0.1) is 17.8 Å². The molecule has 128 valence electrons. The molecule has 2 rings (SSSR count). The van der Waals surface area contributed by atoms with Gasteiger partial charge in [-0.25, -0.2) is 4.39 Å². The minimum atomic E-state index is -0.690. The van der Waals surface area contributed by atoms with Crippen LogP contribution in [0.5, 0.6) is 5.75 Å². The third-order valence-electron chi connectivity index (χ3n) is 4.57. The van der Waals surface area contributed by atoms with Crippen molar-refractivity contribution >= 4 is 12.6 Å². The van der Waals surface area contributed by atoms with Crippen molar-refractivity contribution in [3.05, 3.63) is 24.0 Å². The monoisotopic (exact) mass is 323 g/mol. The van der Waals surface area contributed by atoms with Crippen LogP contribution in [-0.2, 0) is 9.31 Å². The van der Waals surface area contributed by atoms with Crippen LogP contribution in [0.1, 0.15) is 40.5 Å². The Morgan fingerprint density at radius 2 is 1.78 bits per heavy atom. The number of rotatable bonds is 7. The molecule has 1 saturated heterocycles. The van der Waals surface area contributed by atoms with Crippen molar-refractivity contribution in [2.45, 2.75) is 51.7 Å². The maximum Gasteiger partial charge on any atom is 0.497 e. The van der Waals surface area contributed by atoms with E-state index in [1.807, 2.05) is 34.7 Å². The van der Waals surface area contributed by atoms with Crippen molar-refractivity contribution < 1.29 is 18.4 Å². The average molecular weight is 323 g/mol. The molecule has 1 aliphatic heterocycles. The molecule has 1 aliphatic rings. The number of nitrogens with one attached hydrogen (secondary N) is 1. The predicted molar refractivity (Wildman–Crippen MR) is 90.8 cm³/mol. The second kappa shape index (κ2) is 7.20. The van der Waals surface area contributed by atoms with Gasteiger partial charge in [-0.2, -0.15) is 0 Å². The molecule has 4 nitrogen and oxygen atoms in total. The number of unbranched alkanes of at least 4 members (excludes halogenated alkanes) is 1. The fourth-order valence-corrected chi connectivity index (χ4v) is 2.35. The van der Waals surface area contributed by atoms with Crippen LogP contribution in [0.25, 0.3) is 0 Å². The lowest BCUT2D eigenvalue weighted by Crippen LogP contribution is -2.41. The Hall–Kier alpha value is -1.11. The zero-order valence-corrected chi connectivity index (χ0v) is 14.7. The van der Waals surface area contributed by atoms with Gasteiger partial charge in [-0.05, 0) is 60.2 Å². The molecule has 0 saturated carbocycles. The van der Waals surface area contributed by atoms with Gasteiger partial charge in [0.15, 0.2) is 0 Å². The second-order valence-electron chi connectivity index (χ2n) is 6.93. The van der Waals surface area contributed by atoms with Crippen molar-refractivity contribution in [1.29, 1.82) is 0 Å². The van der Waals surface area contributed by atoms with Crippen LogP contribution in [0.3, 0.4) is 0 Å². The molecule has 0 radical (unpaired) electrons. The summed E-state index contributed by atoms with van der Waals surface area (Å²) in [6.07, 6.45) is 1.96. The van der Waals surface area contributed by atoms with Gasteiger partial charge in [-0.15, -0.1) is 0 Å². The minimum Gasteiger partial charge on any atom is -0.493 e. The lowest BCUT2D eigenvalue weighted by Gasteiger charge is -2.32. The van der Waals surface area contributed by atoms with E-state index in [1.54, 1.807) is 12.1 Å². The smallest absolute Gasteiger partial charge is 0.493 e. The zero-order valence-electron chi connectivity index (χ0n) is 14.7. The van der Waals surface area contributed by atoms with Gasteiger partial charge in [0.1, 0.15) is 11.6 Å². The van der Waals surface area contributed by atoms with Crippen molar-refractivity contribution in [3.8, 4) is 5.75 Å². The van der Waals surface area contributed by atoms with Gasteiger partial charge in [-0.3, -0.25) is 0 Å². The van der Waals surface area contributed by atoms with E-state index < -0.39 is 18.3 Å². The molecule has 1 heterocycles. The quantitative estimate of drug-likeness (QED) is 0.618. The Bertz CT molecular complexity index is 521. The number of halogens is 1. The van der Waals surface area contributed by atoms with E-state index in [0.29, 0.717) is 17.8 Å². The molecule has 6 heteroatoms. The normalized spacial score (nSPS) is 19.1. The van der Waals surface area contributed by atoms with Crippen LogP contribution in [-0.4, -0.2) is 38.5 Å². The summed E-state index contributed by atoms with van der Waals surface area (Å²) in [5, 5.41) is 3.08. The molecule has 0 unspecified atom stereocenters. The van der Waals surface area contributed by atoms with Gasteiger partial charge < -0.3 is 19.4 Å². The van der Waals surface area contributed by atoms with E-state index in [1.165, 1.54) is 6.07 Å². The number of ether oxygens (including phenoxy) is 1. The Labute approximate surface area is 138 Å². The lowest BCUT2D eigenvalue weighted by atomic mass is 9.78. The van der Waals surface area contributed by atoms with Crippen LogP contribution in [0, 0.1) is 5.82 Å². The first kappa shape index (κ1) is 18.2. The molecule has 1 aromatic rings. The summed E-state index contributed by atoms with van der Waals surface area (Å²) in [4.78, 5) is 0. The fourth-order valence-electron chi connectivity index (χ4n) is 2.35. The topological polar surface area (TPSA) is 39.7 Å². The summed E-state index contributed by atoms with van der Waals surface area (Å²) in [6.45, 7) is 9.34. The zero-order chi connectivity index (χ0) is 17.1. The molecule has 1 fully saturated rings. The number of hydrogen-bond donors (Lipinski definition) is 1. The average Bonchev–Trinajstić information content (AvgIpc) is 2.67. The van der Waals surface area contributed by atoms with Crippen LogP contribution in [0.15, 0.2) is 18.2 Å². The van der Waals surface area contributed by atoms with Gasteiger partial charge in [-0.1, -0.05) is 6.07 Å². The first-order chi connectivity index (χ1) is 10.8. The van der Waals surface area contributed by atoms with Gasteiger partial charge >= 0.3 is 7.12 Å². The second-order valence-corrected chi connectivity index (χ2v) is 6.93. The fraction of sp³-hybridized carbons (Fsp3) is 0.647. The maximum atomic E-state index is 14.4. The summed E-state index contributed by atoms with van der Waals surface area (Å²) >= 11 is 0. The molecule has 0 aliphatic carbocycles. The van der Waals surface area contributed by atoms with Crippen molar-refractivity contribution in [1.82, 2.24) is 5.32 Å². The number of hydrogen-bond acceptors (Lipinski definition) is 4. The van der Waals surface area contributed by atoms with E-state index in [2.05, 4.69) is 5.32 Å². The lowest BCUT2D eigenvalue weighted by molar-refractivity contribution is 0.00578. The molecule has 0 spiro atoms. The Kier molecular flexibility index (Phi) is 5.71. The van der Waals surface area contributed by atoms with Gasteiger partial charge in [0.25, 0.3) is 0 Å². The highest BCUT2D eigenvalue weighted by atomic mass is 19.1. The largest absolute Gasteiger partial charge is 0.497 e. The Balaban J connectivity index is 1.98. The van der Waals surface area contributed by atoms with Crippen LogP contribution in [0.4, 0.5) is 4.39 Å². The van der Waals surface area contributed by atoms with Gasteiger partial charge in [0.2, 0.25) is 0 Å². The predicted octanol–water partition coefficient (Wildman–Crippen LogP) is 2.50. The molecule has 0 bridgehead atoms. The SMILES string of the molecule is CNCCCCOc1ccc(B2OC(C)(C)C(C)(C)O2)c(F)c1. The summed E-state index contributed by atoms with van der Waals surface area (Å²) < 4.78 is 31.7. The van der Waals surface area contributed by atoms with Crippen LogP contribution < -0.4 is 15.5 Å². The first-order valence-corrected chi connectivity index (χ1v) is 8.19. The molecular weight excluding hydrogens is 296 g/mol. The summed E-state index contributed by atoms with van der Waals surface area (Å²) in [6, 6.07) is 4.85. The molecular formula is C17H27BFNO3. The summed E-state index contributed by atoms with van der Waals surface area (Å²) in [5.74, 6) is 0.170. The molecule has 23 heavy (non-hydrogen) atoms. The van der Waals surface area contributed by atoms with E-state index in [0.717, 1.165) is 19.4 Å². The third-order valence-corrected chi connectivity index (χ3v) is 4.57.